The molecule has 6 heteroatoms. The summed E-state index contributed by atoms with van der Waals surface area (Å²) in [6.45, 7) is 2.31. The molecular formula is C22H27N3O3. The molecule has 1 saturated heterocycles. The molecule has 1 aliphatic heterocycles. The Balaban J connectivity index is 1.66. The van der Waals surface area contributed by atoms with Crippen LogP contribution in [0.15, 0.2) is 54.9 Å². The minimum absolute atomic E-state index is 0.0905. The first-order chi connectivity index (χ1) is 13.6. The van der Waals surface area contributed by atoms with Gasteiger partial charge in [0.05, 0.1) is 6.54 Å². The van der Waals surface area contributed by atoms with Gasteiger partial charge in [-0.2, -0.15) is 0 Å². The highest BCUT2D eigenvalue weighted by atomic mass is 16.4. The first-order valence-electron chi connectivity index (χ1n) is 9.80. The van der Waals surface area contributed by atoms with E-state index in [1.807, 2.05) is 53.6 Å². The molecule has 148 valence electrons. The van der Waals surface area contributed by atoms with E-state index in [2.05, 4.69) is 9.88 Å². The first kappa shape index (κ1) is 19.9. The topological polar surface area (TPSA) is 73.7 Å². The van der Waals surface area contributed by atoms with Gasteiger partial charge in [0.25, 0.3) is 0 Å². The van der Waals surface area contributed by atoms with Gasteiger partial charge in [0.1, 0.15) is 0 Å². The summed E-state index contributed by atoms with van der Waals surface area (Å²) < 4.78 is 0. The Bertz CT molecular complexity index is 767. The van der Waals surface area contributed by atoms with Crippen LogP contribution in [-0.2, 0) is 16.1 Å². The number of nitrogens with zero attached hydrogens (tertiary/aromatic N) is 3. The number of carbonyl (C=O) groups excluding carboxylic acids is 1. The van der Waals surface area contributed by atoms with Gasteiger partial charge in [0.15, 0.2) is 0 Å². The monoisotopic (exact) mass is 381 g/mol. The van der Waals surface area contributed by atoms with E-state index in [1.165, 1.54) is 0 Å². The summed E-state index contributed by atoms with van der Waals surface area (Å²) >= 11 is 0. The number of aliphatic carboxylic acids is 1. The molecule has 1 aromatic carbocycles. The number of pyridine rings is 1. The predicted molar refractivity (Wildman–Crippen MR) is 108 cm³/mol. The SMILES string of the molecule is O=C(O)CCC1CCCN(C(=O)CN(Cc2cccnc2)c2ccccc2)C1. The van der Waals surface area contributed by atoms with Crippen LogP contribution in [0.3, 0.4) is 0 Å². The van der Waals surface area contributed by atoms with Crippen molar-refractivity contribution in [2.24, 2.45) is 5.92 Å². The van der Waals surface area contributed by atoms with Crippen molar-refractivity contribution in [3.63, 3.8) is 0 Å². The molecule has 0 radical (unpaired) electrons. The molecule has 1 amide bonds. The third kappa shape index (κ3) is 5.81. The Morgan fingerprint density at radius 2 is 2.00 bits per heavy atom. The number of hydrogen-bond acceptors (Lipinski definition) is 4. The molecule has 2 aromatic rings. The van der Waals surface area contributed by atoms with E-state index < -0.39 is 5.97 Å². The number of carboxylic acid groups (broad SMARTS) is 1. The number of aromatic nitrogens is 1. The summed E-state index contributed by atoms with van der Waals surface area (Å²) in [5, 5.41) is 8.91. The highest BCUT2D eigenvalue weighted by molar-refractivity contribution is 5.81. The fourth-order valence-corrected chi connectivity index (χ4v) is 3.71. The van der Waals surface area contributed by atoms with Crippen molar-refractivity contribution < 1.29 is 14.7 Å². The van der Waals surface area contributed by atoms with Crippen LogP contribution in [0.5, 0.6) is 0 Å². The van der Waals surface area contributed by atoms with Crippen LogP contribution in [0.4, 0.5) is 5.69 Å². The summed E-state index contributed by atoms with van der Waals surface area (Å²) in [6, 6.07) is 13.8. The van der Waals surface area contributed by atoms with Gasteiger partial charge in [-0.3, -0.25) is 14.6 Å². The van der Waals surface area contributed by atoms with Gasteiger partial charge in [-0.25, -0.2) is 0 Å². The molecule has 1 fully saturated rings. The summed E-state index contributed by atoms with van der Waals surface area (Å²) in [5.41, 5.74) is 2.05. The number of benzene rings is 1. The van der Waals surface area contributed by atoms with Gasteiger partial charge in [0.2, 0.25) is 5.91 Å². The second-order valence-electron chi connectivity index (χ2n) is 7.33. The number of amides is 1. The third-order valence-electron chi connectivity index (χ3n) is 5.18. The molecule has 1 aromatic heterocycles. The average molecular weight is 381 g/mol. The molecule has 0 spiro atoms. The molecule has 1 N–H and O–H groups in total. The average Bonchev–Trinajstić information content (AvgIpc) is 2.73. The standard InChI is InChI=1S/C22H27N3O3/c26-21(24-13-5-7-18(15-24)10-11-22(27)28)17-25(20-8-2-1-3-9-20)16-19-6-4-12-23-14-19/h1-4,6,8-9,12,14,18H,5,7,10-11,13,15-17H2,(H,27,28). The molecule has 0 bridgehead atoms. The minimum atomic E-state index is -0.768. The van der Waals surface area contributed by atoms with E-state index in [9.17, 15) is 9.59 Å². The van der Waals surface area contributed by atoms with Gasteiger partial charge in [0, 0.05) is 44.1 Å². The number of carboxylic acids is 1. The molecule has 6 nitrogen and oxygen atoms in total. The van der Waals surface area contributed by atoms with E-state index >= 15 is 0 Å². The van der Waals surface area contributed by atoms with Crippen LogP contribution < -0.4 is 4.90 Å². The Labute approximate surface area is 165 Å². The van der Waals surface area contributed by atoms with Crippen molar-refractivity contribution in [3.05, 3.63) is 60.4 Å². The molecule has 1 aliphatic rings. The number of piperidine rings is 1. The van der Waals surface area contributed by atoms with Crippen LogP contribution in [0.2, 0.25) is 0 Å². The van der Waals surface area contributed by atoms with E-state index in [-0.39, 0.29) is 18.2 Å². The maximum absolute atomic E-state index is 13.0. The molecule has 1 unspecified atom stereocenters. The van der Waals surface area contributed by atoms with Crippen molar-refractivity contribution in [2.45, 2.75) is 32.2 Å². The zero-order valence-electron chi connectivity index (χ0n) is 16.0. The molecule has 2 heterocycles. The molecule has 0 aliphatic carbocycles. The molecule has 28 heavy (non-hydrogen) atoms. The molecule has 1 atom stereocenters. The summed E-state index contributed by atoms with van der Waals surface area (Å²) in [7, 11) is 0. The quantitative estimate of drug-likeness (QED) is 0.760. The zero-order valence-corrected chi connectivity index (χ0v) is 16.0. The first-order valence-corrected chi connectivity index (χ1v) is 9.80. The molecular weight excluding hydrogens is 354 g/mol. The summed E-state index contributed by atoms with van der Waals surface area (Å²) in [5.74, 6) is -0.403. The lowest BCUT2D eigenvalue weighted by Gasteiger charge is -2.34. The van der Waals surface area contributed by atoms with E-state index in [4.69, 9.17) is 5.11 Å². The lowest BCUT2D eigenvalue weighted by atomic mass is 9.93. The van der Waals surface area contributed by atoms with Crippen molar-refractivity contribution in [1.29, 1.82) is 0 Å². The van der Waals surface area contributed by atoms with E-state index in [0.717, 1.165) is 30.6 Å². The molecule has 0 saturated carbocycles. The summed E-state index contributed by atoms with van der Waals surface area (Å²) in [6.07, 6.45) is 6.30. The highest BCUT2D eigenvalue weighted by Crippen LogP contribution is 2.22. The second-order valence-corrected chi connectivity index (χ2v) is 7.33. The van der Waals surface area contributed by atoms with Crippen LogP contribution in [0, 0.1) is 5.92 Å². The van der Waals surface area contributed by atoms with Crippen molar-refractivity contribution >= 4 is 17.6 Å². The van der Waals surface area contributed by atoms with Gasteiger partial charge < -0.3 is 14.9 Å². The van der Waals surface area contributed by atoms with Crippen molar-refractivity contribution in [3.8, 4) is 0 Å². The lowest BCUT2D eigenvalue weighted by Crippen LogP contribution is -2.45. The summed E-state index contributed by atoms with van der Waals surface area (Å²) in [4.78, 5) is 32.0. The van der Waals surface area contributed by atoms with Gasteiger partial charge in [-0.05, 0) is 48.9 Å². The Morgan fingerprint density at radius 3 is 2.71 bits per heavy atom. The Kier molecular flexibility index (Phi) is 7.00. The Morgan fingerprint density at radius 1 is 1.18 bits per heavy atom. The van der Waals surface area contributed by atoms with Gasteiger partial charge >= 0.3 is 5.97 Å². The third-order valence-corrected chi connectivity index (χ3v) is 5.18. The van der Waals surface area contributed by atoms with E-state index in [1.54, 1.807) is 6.20 Å². The van der Waals surface area contributed by atoms with Crippen LogP contribution >= 0.6 is 0 Å². The molecule has 3 rings (SSSR count). The van der Waals surface area contributed by atoms with Gasteiger partial charge in [-0.1, -0.05) is 24.3 Å². The highest BCUT2D eigenvalue weighted by Gasteiger charge is 2.25. The number of hydrogen-bond donors (Lipinski definition) is 1. The lowest BCUT2D eigenvalue weighted by molar-refractivity contribution is -0.137. The maximum Gasteiger partial charge on any atom is 0.303 e. The fraction of sp³-hybridized carbons (Fsp3) is 0.409. The number of rotatable bonds is 8. The number of anilines is 1. The zero-order chi connectivity index (χ0) is 19.8. The van der Waals surface area contributed by atoms with Crippen molar-refractivity contribution in [2.75, 3.05) is 24.5 Å². The maximum atomic E-state index is 13.0. The van der Waals surface area contributed by atoms with Crippen molar-refractivity contribution in [1.82, 2.24) is 9.88 Å². The fourth-order valence-electron chi connectivity index (χ4n) is 3.71. The number of para-hydroxylation sites is 1. The van der Waals surface area contributed by atoms with E-state index in [0.29, 0.717) is 26.1 Å². The Hall–Kier alpha value is -2.89. The predicted octanol–water partition coefficient (Wildman–Crippen LogP) is 3.19. The minimum Gasteiger partial charge on any atom is -0.481 e. The smallest absolute Gasteiger partial charge is 0.303 e. The van der Waals surface area contributed by atoms with Gasteiger partial charge in [-0.15, -0.1) is 0 Å². The second kappa shape index (κ2) is 9.88. The van der Waals surface area contributed by atoms with Crippen LogP contribution in [0.25, 0.3) is 0 Å². The normalized spacial score (nSPS) is 16.6. The number of likely N-dealkylation sites (tertiary alicyclic amines) is 1. The number of carbonyl (C=O) groups is 2. The van der Waals surface area contributed by atoms with Crippen LogP contribution in [-0.4, -0.2) is 46.5 Å². The van der Waals surface area contributed by atoms with Crippen LogP contribution in [0.1, 0.15) is 31.2 Å². The largest absolute Gasteiger partial charge is 0.481 e.